The second-order valence-electron chi connectivity index (χ2n) is 3.13. The molecule has 0 bridgehead atoms. The molecule has 0 aromatic heterocycles. The normalized spacial score (nSPS) is 15.1. The molecular weight excluding hydrogens is 146 g/mol. The van der Waals surface area contributed by atoms with Gasteiger partial charge in [0.05, 0.1) is 0 Å². The van der Waals surface area contributed by atoms with Crippen LogP contribution in [0, 0.1) is 0 Å². The van der Waals surface area contributed by atoms with Gasteiger partial charge in [-0.05, 0) is 18.6 Å². The first-order valence-electron chi connectivity index (χ1n) is 4.35. The standard InChI is InChI=1S/C11H13N/c1-3-12-8-9(2)10-6-4-5-7-11(10)12/h4-7H,2-3,8H2,1H3. The Balaban J connectivity index is 2.50. The zero-order valence-electron chi connectivity index (χ0n) is 7.38. The Morgan fingerprint density at radius 2 is 2.17 bits per heavy atom. The zero-order chi connectivity index (χ0) is 8.55. The summed E-state index contributed by atoms with van der Waals surface area (Å²) in [5, 5.41) is 0. The maximum atomic E-state index is 4.05. The maximum Gasteiger partial charge on any atom is 0.0446 e. The molecule has 0 saturated heterocycles. The van der Waals surface area contributed by atoms with Gasteiger partial charge in [0.15, 0.2) is 0 Å². The van der Waals surface area contributed by atoms with Crippen molar-refractivity contribution in [2.75, 3.05) is 18.0 Å². The van der Waals surface area contributed by atoms with E-state index in [-0.39, 0.29) is 0 Å². The van der Waals surface area contributed by atoms with E-state index in [2.05, 4.69) is 42.7 Å². The lowest BCUT2D eigenvalue weighted by Gasteiger charge is -2.15. The van der Waals surface area contributed by atoms with E-state index in [1.165, 1.54) is 16.8 Å². The van der Waals surface area contributed by atoms with Crippen molar-refractivity contribution in [2.24, 2.45) is 0 Å². The smallest absolute Gasteiger partial charge is 0.0446 e. The Hall–Kier alpha value is -1.24. The Bertz CT molecular complexity index is 315. The molecule has 0 unspecified atom stereocenters. The first-order valence-corrected chi connectivity index (χ1v) is 4.35. The van der Waals surface area contributed by atoms with Crippen LogP contribution in [0.3, 0.4) is 0 Å². The van der Waals surface area contributed by atoms with Gasteiger partial charge in [-0.1, -0.05) is 24.8 Å². The second-order valence-corrected chi connectivity index (χ2v) is 3.13. The summed E-state index contributed by atoms with van der Waals surface area (Å²) in [4.78, 5) is 2.34. The van der Waals surface area contributed by atoms with Crippen LogP contribution in [0.2, 0.25) is 0 Å². The fourth-order valence-electron chi connectivity index (χ4n) is 1.73. The minimum atomic E-state index is 0.996. The van der Waals surface area contributed by atoms with Crippen molar-refractivity contribution in [3.63, 3.8) is 0 Å². The summed E-state index contributed by atoms with van der Waals surface area (Å²) in [5.74, 6) is 0. The largest absolute Gasteiger partial charge is 0.367 e. The number of benzene rings is 1. The van der Waals surface area contributed by atoms with Crippen LogP contribution >= 0.6 is 0 Å². The molecule has 1 aliphatic rings. The average Bonchev–Trinajstić information content (AvgIpc) is 2.44. The molecule has 2 rings (SSSR count). The SMILES string of the molecule is C=C1CN(CC)c2ccccc21. The van der Waals surface area contributed by atoms with Gasteiger partial charge in [0.25, 0.3) is 0 Å². The molecule has 0 spiro atoms. The third-order valence-electron chi connectivity index (χ3n) is 2.39. The lowest BCUT2D eigenvalue weighted by molar-refractivity contribution is 0.940. The molecule has 1 heterocycles. The van der Waals surface area contributed by atoms with Crippen LogP contribution in [0.5, 0.6) is 0 Å². The van der Waals surface area contributed by atoms with Gasteiger partial charge in [-0.2, -0.15) is 0 Å². The monoisotopic (exact) mass is 159 g/mol. The highest BCUT2D eigenvalue weighted by Gasteiger charge is 2.19. The minimum absolute atomic E-state index is 0.996. The predicted octanol–water partition coefficient (Wildman–Crippen LogP) is 2.54. The molecule has 62 valence electrons. The van der Waals surface area contributed by atoms with Crippen LogP contribution in [0.4, 0.5) is 5.69 Å². The Morgan fingerprint density at radius 3 is 2.92 bits per heavy atom. The van der Waals surface area contributed by atoms with Gasteiger partial charge in [0, 0.05) is 24.3 Å². The molecule has 1 aromatic rings. The summed E-state index contributed by atoms with van der Waals surface area (Å²) in [6.45, 7) is 8.29. The average molecular weight is 159 g/mol. The van der Waals surface area contributed by atoms with Crippen LogP contribution in [0.25, 0.3) is 5.57 Å². The predicted molar refractivity (Wildman–Crippen MR) is 53.4 cm³/mol. The highest BCUT2D eigenvalue weighted by atomic mass is 15.1. The van der Waals surface area contributed by atoms with E-state index in [0.29, 0.717) is 0 Å². The Morgan fingerprint density at radius 1 is 1.42 bits per heavy atom. The van der Waals surface area contributed by atoms with Crippen LogP contribution < -0.4 is 4.90 Å². The zero-order valence-corrected chi connectivity index (χ0v) is 7.38. The fourth-order valence-corrected chi connectivity index (χ4v) is 1.73. The molecule has 1 aliphatic heterocycles. The van der Waals surface area contributed by atoms with Crippen LogP contribution in [0.15, 0.2) is 30.8 Å². The second kappa shape index (κ2) is 2.67. The molecule has 0 N–H and O–H groups in total. The van der Waals surface area contributed by atoms with Crippen LogP contribution in [0.1, 0.15) is 12.5 Å². The highest BCUT2D eigenvalue weighted by Crippen LogP contribution is 2.33. The molecular formula is C11H13N. The number of anilines is 1. The Kier molecular flexibility index (Phi) is 1.65. The van der Waals surface area contributed by atoms with Crippen LogP contribution in [-0.4, -0.2) is 13.1 Å². The number of likely N-dealkylation sites (N-methyl/N-ethyl adjacent to an activating group) is 1. The molecule has 0 atom stereocenters. The molecule has 0 aliphatic carbocycles. The lowest BCUT2D eigenvalue weighted by atomic mass is 10.1. The van der Waals surface area contributed by atoms with Gasteiger partial charge in [-0.25, -0.2) is 0 Å². The molecule has 0 amide bonds. The molecule has 12 heavy (non-hydrogen) atoms. The van der Waals surface area contributed by atoms with Crippen molar-refractivity contribution >= 4 is 11.3 Å². The topological polar surface area (TPSA) is 3.24 Å². The number of fused-ring (bicyclic) bond motifs is 1. The van der Waals surface area contributed by atoms with E-state index in [9.17, 15) is 0 Å². The van der Waals surface area contributed by atoms with E-state index in [1.54, 1.807) is 0 Å². The molecule has 1 aromatic carbocycles. The quantitative estimate of drug-likeness (QED) is 0.608. The van der Waals surface area contributed by atoms with E-state index >= 15 is 0 Å². The summed E-state index contributed by atoms with van der Waals surface area (Å²) in [6.07, 6.45) is 0. The van der Waals surface area contributed by atoms with Crippen LogP contribution in [-0.2, 0) is 0 Å². The fraction of sp³-hybridized carbons (Fsp3) is 0.273. The van der Waals surface area contributed by atoms with Gasteiger partial charge in [-0.3, -0.25) is 0 Å². The number of nitrogens with zero attached hydrogens (tertiary/aromatic N) is 1. The van der Waals surface area contributed by atoms with Gasteiger partial charge in [0.1, 0.15) is 0 Å². The molecule has 0 radical (unpaired) electrons. The van der Waals surface area contributed by atoms with Gasteiger partial charge < -0.3 is 4.90 Å². The molecule has 1 nitrogen and oxygen atoms in total. The summed E-state index contributed by atoms with van der Waals surface area (Å²) in [6, 6.07) is 8.47. The maximum absolute atomic E-state index is 4.05. The summed E-state index contributed by atoms with van der Waals surface area (Å²) < 4.78 is 0. The number of hydrogen-bond donors (Lipinski definition) is 0. The highest BCUT2D eigenvalue weighted by molar-refractivity contribution is 5.84. The third kappa shape index (κ3) is 0.934. The van der Waals surface area contributed by atoms with Crippen molar-refractivity contribution in [3.8, 4) is 0 Å². The number of hydrogen-bond acceptors (Lipinski definition) is 1. The van der Waals surface area contributed by atoms with Gasteiger partial charge in [0.2, 0.25) is 0 Å². The van der Waals surface area contributed by atoms with Crippen molar-refractivity contribution in [2.45, 2.75) is 6.92 Å². The summed E-state index contributed by atoms with van der Waals surface area (Å²) in [5.41, 5.74) is 3.90. The van der Waals surface area contributed by atoms with Crippen molar-refractivity contribution in [1.29, 1.82) is 0 Å². The van der Waals surface area contributed by atoms with E-state index in [1.807, 2.05) is 0 Å². The van der Waals surface area contributed by atoms with Crippen molar-refractivity contribution in [3.05, 3.63) is 36.4 Å². The van der Waals surface area contributed by atoms with Gasteiger partial charge >= 0.3 is 0 Å². The first kappa shape index (κ1) is 7.41. The number of para-hydroxylation sites is 1. The van der Waals surface area contributed by atoms with E-state index in [0.717, 1.165) is 13.1 Å². The third-order valence-corrected chi connectivity index (χ3v) is 2.39. The molecule has 1 heteroatoms. The lowest BCUT2D eigenvalue weighted by Crippen LogP contribution is -2.18. The minimum Gasteiger partial charge on any atom is -0.367 e. The van der Waals surface area contributed by atoms with E-state index in [4.69, 9.17) is 0 Å². The van der Waals surface area contributed by atoms with Crippen molar-refractivity contribution in [1.82, 2.24) is 0 Å². The summed E-state index contributed by atoms with van der Waals surface area (Å²) in [7, 11) is 0. The first-order chi connectivity index (χ1) is 5.83. The molecule has 0 saturated carbocycles. The summed E-state index contributed by atoms with van der Waals surface area (Å²) >= 11 is 0. The molecule has 0 fully saturated rings. The Labute approximate surface area is 73.3 Å². The van der Waals surface area contributed by atoms with E-state index < -0.39 is 0 Å². The van der Waals surface area contributed by atoms with Crippen molar-refractivity contribution < 1.29 is 0 Å². The number of rotatable bonds is 1. The van der Waals surface area contributed by atoms with Gasteiger partial charge in [-0.15, -0.1) is 0 Å².